The average molecular weight is 582 g/mol. The number of alkyl halides is 6. The van der Waals surface area contributed by atoms with Crippen LogP contribution in [0, 0.1) is 6.92 Å². The molecule has 7 nitrogen and oxygen atoms in total. The number of nitrogens with zero attached hydrogens (tertiary/aromatic N) is 3. The average Bonchev–Trinajstić information content (AvgIpc) is 3.06. The van der Waals surface area contributed by atoms with Gasteiger partial charge in [0.25, 0.3) is 15.9 Å². The van der Waals surface area contributed by atoms with Crippen molar-refractivity contribution in [3.63, 3.8) is 0 Å². The molecule has 0 bridgehead atoms. The number of benzene rings is 2. The highest BCUT2D eigenvalue weighted by atomic mass is 35.5. The third-order valence-electron chi connectivity index (χ3n) is 4.43. The van der Waals surface area contributed by atoms with Crippen LogP contribution in [-0.4, -0.2) is 29.3 Å². The molecule has 1 aromatic heterocycles. The Kier molecular flexibility index (Phi) is 7.07. The number of nitrogens with one attached hydrogen (secondary N) is 1. The second-order valence-electron chi connectivity index (χ2n) is 6.79. The Labute approximate surface area is 207 Å². The van der Waals surface area contributed by atoms with E-state index in [1.807, 2.05) is 0 Å². The van der Waals surface area contributed by atoms with E-state index in [4.69, 9.17) is 34.8 Å². The minimum absolute atomic E-state index is 0.00174. The molecule has 0 aliphatic rings. The van der Waals surface area contributed by atoms with Crippen LogP contribution in [-0.2, 0) is 22.4 Å². The number of sulfonamides is 1. The van der Waals surface area contributed by atoms with E-state index in [1.165, 1.54) is 23.8 Å². The lowest BCUT2D eigenvalue weighted by Gasteiger charge is -2.16. The number of carbonyl (C=O) groups is 1. The third-order valence-corrected chi connectivity index (χ3v) is 6.60. The lowest BCUT2D eigenvalue weighted by molar-refractivity contribution is -0.143. The van der Waals surface area contributed by atoms with E-state index in [-0.39, 0.29) is 44.6 Å². The van der Waals surface area contributed by atoms with Gasteiger partial charge in [0.15, 0.2) is 5.69 Å². The predicted molar refractivity (Wildman–Crippen MR) is 112 cm³/mol. The van der Waals surface area contributed by atoms with Gasteiger partial charge in [0.1, 0.15) is 10.6 Å². The summed E-state index contributed by atoms with van der Waals surface area (Å²) < 4.78 is 106. The number of halogens is 9. The summed E-state index contributed by atoms with van der Waals surface area (Å²) in [7, 11) is -5.46. The van der Waals surface area contributed by atoms with E-state index < -0.39 is 50.0 Å². The summed E-state index contributed by atoms with van der Waals surface area (Å²) in [5.41, 5.74) is -4.42. The van der Waals surface area contributed by atoms with Crippen LogP contribution in [0.1, 0.15) is 27.3 Å². The van der Waals surface area contributed by atoms with Gasteiger partial charge in [-0.25, -0.2) is 17.8 Å². The van der Waals surface area contributed by atoms with Crippen LogP contribution >= 0.6 is 34.8 Å². The molecule has 1 heterocycles. The van der Waals surface area contributed by atoms with Gasteiger partial charge >= 0.3 is 12.4 Å². The molecule has 0 aliphatic heterocycles. The Morgan fingerprint density at radius 2 is 1.54 bits per heavy atom. The molecule has 0 saturated carbocycles. The van der Waals surface area contributed by atoms with Gasteiger partial charge in [-0.1, -0.05) is 40.0 Å². The van der Waals surface area contributed by atoms with Gasteiger partial charge in [-0.3, -0.25) is 4.79 Å². The van der Waals surface area contributed by atoms with Crippen molar-refractivity contribution < 1.29 is 39.6 Å². The van der Waals surface area contributed by atoms with Crippen molar-refractivity contribution in [1.29, 1.82) is 0 Å². The fourth-order valence-corrected chi connectivity index (χ4v) is 5.05. The Bertz CT molecular complexity index is 1420. The maximum absolute atomic E-state index is 13.3. The maximum Gasteiger partial charge on any atom is 0.417 e. The second kappa shape index (κ2) is 9.15. The van der Waals surface area contributed by atoms with E-state index in [2.05, 4.69) is 10.3 Å². The Balaban J connectivity index is 2.05. The fourth-order valence-electron chi connectivity index (χ4n) is 2.87. The molecule has 1 N–H and O–H groups in total. The van der Waals surface area contributed by atoms with Crippen LogP contribution < -0.4 is 4.72 Å². The smallest absolute Gasteiger partial charge is 0.266 e. The topological polar surface area (TPSA) is 93.9 Å². The van der Waals surface area contributed by atoms with Crippen molar-refractivity contribution in [2.45, 2.75) is 24.2 Å². The molecule has 17 heteroatoms. The summed E-state index contributed by atoms with van der Waals surface area (Å²) in [6.45, 7) is 1.23. The first kappa shape index (κ1) is 27.0. The number of rotatable bonds is 4. The number of hydrogen-bond acceptors (Lipinski definition) is 5. The molecular weight excluding hydrogens is 573 g/mol. The van der Waals surface area contributed by atoms with Crippen LogP contribution in [0.25, 0.3) is 5.69 Å². The second-order valence-corrected chi connectivity index (χ2v) is 9.70. The first-order chi connectivity index (χ1) is 15.9. The van der Waals surface area contributed by atoms with Crippen molar-refractivity contribution >= 4 is 50.7 Å². The Morgan fingerprint density at radius 3 is 2.06 bits per heavy atom. The molecule has 0 aliphatic carbocycles. The van der Waals surface area contributed by atoms with Crippen LogP contribution in [0.2, 0.25) is 15.1 Å². The summed E-state index contributed by atoms with van der Waals surface area (Å²) in [5, 5.41) is 7.21. The summed E-state index contributed by atoms with van der Waals surface area (Å²) in [6.07, 6.45) is -10.5. The van der Waals surface area contributed by atoms with Crippen molar-refractivity contribution in [1.82, 2.24) is 19.7 Å². The van der Waals surface area contributed by atoms with Crippen molar-refractivity contribution in [3.05, 3.63) is 67.9 Å². The van der Waals surface area contributed by atoms with Gasteiger partial charge in [-0.2, -0.15) is 26.3 Å². The molecule has 0 radical (unpaired) electrons. The van der Waals surface area contributed by atoms with Crippen LogP contribution in [0.15, 0.2) is 35.2 Å². The van der Waals surface area contributed by atoms with Gasteiger partial charge in [0.05, 0.1) is 26.9 Å². The van der Waals surface area contributed by atoms with Crippen LogP contribution in [0.5, 0.6) is 0 Å². The first-order valence-electron chi connectivity index (χ1n) is 8.86. The minimum Gasteiger partial charge on any atom is -0.266 e. The number of amides is 1. The quantitative estimate of drug-likeness (QED) is 0.400. The largest absolute Gasteiger partial charge is 0.417 e. The molecule has 3 rings (SSSR count). The first-order valence-corrected chi connectivity index (χ1v) is 11.5. The van der Waals surface area contributed by atoms with Gasteiger partial charge < -0.3 is 0 Å². The molecule has 0 saturated heterocycles. The molecule has 35 heavy (non-hydrogen) atoms. The highest BCUT2D eigenvalue weighted by molar-refractivity contribution is 7.90. The van der Waals surface area contributed by atoms with Gasteiger partial charge in [-0.15, -0.1) is 5.10 Å². The van der Waals surface area contributed by atoms with E-state index in [1.54, 1.807) is 0 Å². The lowest BCUT2D eigenvalue weighted by atomic mass is 10.1. The van der Waals surface area contributed by atoms with E-state index >= 15 is 0 Å². The number of carbonyl (C=O) groups excluding carboxylic acids is 1. The highest BCUT2D eigenvalue weighted by Gasteiger charge is 2.41. The standard InChI is InChI=1S/C18H9Cl3F6N4O3S/c1-7-14(28-30-31(7)15-11(20)5-9(19)6-12(15)21)16(32)29-35(33,34)13-4-8(17(22,23)24)2-3-10(13)18(25,26)27/h2-6H,1H3,(H,29,32). The molecule has 0 atom stereocenters. The van der Waals surface area contributed by atoms with Crippen LogP contribution in [0.3, 0.4) is 0 Å². The number of aromatic nitrogens is 3. The Hall–Kier alpha value is -2.55. The molecular formula is C18H9Cl3F6N4O3S. The summed E-state index contributed by atoms with van der Waals surface area (Å²) in [6, 6.07) is 2.35. The van der Waals surface area contributed by atoms with Crippen molar-refractivity contribution in [2.24, 2.45) is 0 Å². The van der Waals surface area contributed by atoms with Crippen molar-refractivity contribution in [2.75, 3.05) is 0 Å². The van der Waals surface area contributed by atoms with Gasteiger partial charge in [0, 0.05) is 5.02 Å². The SMILES string of the molecule is Cc1c(C(=O)NS(=O)(=O)c2cc(C(F)(F)F)ccc2C(F)(F)F)nnn1-c1c(Cl)cc(Cl)cc1Cl. The minimum atomic E-state index is -5.46. The molecule has 1 amide bonds. The van der Waals surface area contributed by atoms with Gasteiger partial charge in [0.2, 0.25) is 0 Å². The van der Waals surface area contributed by atoms with E-state index in [0.717, 1.165) is 4.68 Å². The van der Waals surface area contributed by atoms with Gasteiger partial charge in [-0.05, 0) is 37.3 Å². The zero-order valence-corrected chi connectivity index (χ0v) is 19.8. The lowest BCUT2D eigenvalue weighted by Crippen LogP contribution is -2.33. The zero-order chi connectivity index (χ0) is 26.5. The van der Waals surface area contributed by atoms with Crippen molar-refractivity contribution in [3.8, 4) is 5.69 Å². The third kappa shape index (κ3) is 5.50. The Morgan fingerprint density at radius 1 is 0.971 bits per heavy atom. The monoisotopic (exact) mass is 580 g/mol. The predicted octanol–water partition coefficient (Wildman–Crippen LogP) is 5.69. The normalized spacial score (nSPS) is 12.6. The fraction of sp³-hybridized carbons (Fsp3) is 0.167. The molecule has 0 fully saturated rings. The van der Waals surface area contributed by atoms with Crippen LogP contribution in [0.4, 0.5) is 26.3 Å². The highest BCUT2D eigenvalue weighted by Crippen LogP contribution is 2.38. The maximum atomic E-state index is 13.3. The summed E-state index contributed by atoms with van der Waals surface area (Å²) in [4.78, 5) is 10.8. The molecule has 188 valence electrons. The molecule has 0 unspecified atom stereocenters. The molecule has 0 spiro atoms. The summed E-state index contributed by atoms with van der Waals surface area (Å²) >= 11 is 18.0. The zero-order valence-electron chi connectivity index (χ0n) is 16.8. The molecule has 3 aromatic rings. The summed E-state index contributed by atoms with van der Waals surface area (Å²) in [5.74, 6) is -1.57. The van der Waals surface area contributed by atoms with E-state index in [0.29, 0.717) is 0 Å². The number of hydrogen-bond donors (Lipinski definition) is 1. The van der Waals surface area contributed by atoms with E-state index in [9.17, 15) is 39.6 Å². The molecule has 2 aromatic carbocycles.